The molecule has 1 amide bonds. The van der Waals surface area contributed by atoms with Gasteiger partial charge >= 0.3 is 12.1 Å². The monoisotopic (exact) mass is 401 g/mol. The number of hydrogen-bond acceptors (Lipinski definition) is 5. The Morgan fingerprint density at radius 1 is 1.10 bits per heavy atom. The topological polar surface area (TPSA) is 73.9 Å². The number of hydrogen-bond donors (Lipinski definition) is 1. The highest BCUT2D eigenvalue weighted by Gasteiger charge is 2.20. The van der Waals surface area contributed by atoms with Gasteiger partial charge in [0.15, 0.2) is 0 Å². The van der Waals surface area contributed by atoms with Gasteiger partial charge in [-0.2, -0.15) is 0 Å². The van der Waals surface area contributed by atoms with Crippen LogP contribution in [-0.4, -0.2) is 24.8 Å². The molecule has 0 aliphatic heterocycles. The number of carbonyl (C=O) groups is 2. The summed E-state index contributed by atoms with van der Waals surface area (Å²) in [5.41, 5.74) is 0.0208. The number of halogens is 1. The first-order valence-electron chi connectivity index (χ1n) is 8.94. The van der Waals surface area contributed by atoms with Crippen molar-refractivity contribution in [1.29, 1.82) is 0 Å². The highest BCUT2D eigenvalue weighted by atomic mass is 19.1. The quantitative estimate of drug-likeness (QED) is 0.572. The standard InChI is InChI=1S/C22H24FNO5/c1-22(2,3)29-21(26)24-19(20(25)27-4)12-16-10-11-17(13-18(16)23)28-14-15-8-6-5-7-9-15/h5-13H,14H2,1-4H3,(H,24,26)/b19-12+. The zero-order chi connectivity index (χ0) is 21.4. The second-order valence-corrected chi connectivity index (χ2v) is 7.13. The second-order valence-electron chi connectivity index (χ2n) is 7.13. The first-order valence-corrected chi connectivity index (χ1v) is 8.94. The van der Waals surface area contributed by atoms with Crippen LogP contribution in [0.3, 0.4) is 0 Å². The molecule has 154 valence electrons. The van der Waals surface area contributed by atoms with Gasteiger partial charge in [0.2, 0.25) is 0 Å². The molecule has 2 aromatic carbocycles. The molecule has 0 saturated carbocycles. The van der Waals surface area contributed by atoms with E-state index < -0.39 is 23.5 Å². The van der Waals surface area contributed by atoms with E-state index in [0.29, 0.717) is 12.4 Å². The van der Waals surface area contributed by atoms with E-state index in [0.717, 1.165) is 12.7 Å². The number of ether oxygens (including phenoxy) is 3. The molecule has 0 radical (unpaired) electrons. The maximum absolute atomic E-state index is 14.5. The Morgan fingerprint density at radius 2 is 1.79 bits per heavy atom. The Bertz CT molecular complexity index is 888. The van der Waals surface area contributed by atoms with Gasteiger partial charge in [0.25, 0.3) is 0 Å². The lowest BCUT2D eigenvalue weighted by Crippen LogP contribution is -2.34. The van der Waals surface area contributed by atoms with Crippen molar-refractivity contribution >= 4 is 18.1 Å². The van der Waals surface area contributed by atoms with Crippen molar-refractivity contribution in [3.05, 3.63) is 71.2 Å². The van der Waals surface area contributed by atoms with Crippen LogP contribution in [-0.2, 0) is 20.9 Å². The zero-order valence-corrected chi connectivity index (χ0v) is 16.8. The maximum atomic E-state index is 14.5. The number of nitrogens with one attached hydrogen (secondary N) is 1. The minimum atomic E-state index is -0.850. The normalized spacial score (nSPS) is 11.6. The van der Waals surface area contributed by atoms with Crippen LogP contribution in [0.4, 0.5) is 9.18 Å². The fourth-order valence-electron chi connectivity index (χ4n) is 2.28. The van der Waals surface area contributed by atoms with E-state index in [1.807, 2.05) is 30.3 Å². The van der Waals surface area contributed by atoms with Crippen LogP contribution in [0.25, 0.3) is 6.08 Å². The predicted octanol–water partition coefficient (Wildman–Crippen LogP) is 4.44. The number of carbonyl (C=O) groups excluding carboxylic acids is 2. The summed E-state index contributed by atoms with van der Waals surface area (Å²) >= 11 is 0. The van der Waals surface area contributed by atoms with Crippen LogP contribution in [0.2, 0.25) is 0 Å². The van der Waals surface area contributed by atoms with E-state index in [1.54, 1.807) is 26.8 Å². The maximum Gasteiger partial charge on any atom is 0.412 e. The third kappa shape index (κ3) is 7.29. The number of amides is 1. The van der Waals surface area contributed by atoms with Crippen LogP contribution in [0, 0.1) is 5.82 Å². The molecular weight excluding hydrogens is 377 g/mol. The van der Waals surface area contributed by atoms with E-state index in [-0.39, 0.29) is 11.3 Å². The zero-order valence-electron chi connectivity index (χ0n) is 16.8. The molecule has 0 aliphatic rings. The van der Waals surface area contributed by atoms with Crippen LogP contribution < -0.4 is 10.1 Å². The van der Waals surface area contributed by atoms with E-state index in [9.17, 15) is 14.0 Å². The molecular formula is C22H24FNO5. The second kappa shape index (κ2) is 9.73. The summed E-state index contributed by atoms with van der Waals surface area (Å²) in [7, 11) is 1.16. The van der Waals surface area contributed by atoms with Crippen molar-refractivity contribution in [3.63, 3.8) is 0 Å². The van der Waals surface area contributed by atoms with Gasteiger partial charge in [-0.15, -0.1) is 0 Å². The van der Waals surface area contributed by atoms with Crippen molar-refractivity contribution < 1.29 is 28.2 Å². The molecule has 1 N–H and O–H groups in total. The molecule has 0 fully saturated rings. The summed E-state index contributed by atoms with van der Waals surface area (Å²) in [6.45, 7) is 5.34. The fourth-order valence-corrected chi connectivity index (χ4v) is 2.28. The van der Waals surface area contributed by atoms with Gasteiger partial charge in [-0.25, -0.2) is 14.0 Å². The Morgan fingerprint density at radius 3 is 2.38 bits per heavy atom. The molecule has 7 heteroatoms. The molecule has 0 spiro atoms. The highest BCUT2D eigenvalue weighted by Crippen LogP contribution is 2.20. The van der Waals surface area contributed by atoms with Gasteiger partial charge in [-0.1, -0.05) is 30.3 Å². The summed E-state index contributed by atoms with van der Waals surface area (Å²) in [5.74, 6) is -1.12. The Balaban J connectivity index is 2.15. The largest absolute Gasteiger partial charge is 0.489 e. The minimum Gasteiger partial charge on any atom is -0.489 e. The van der Waals surface area contributed by atoms with Gasteiger partial charge in [-0.05, 0) is 44.5 Å². The van der Waals surface area contributed by atoms with Crippen LogP contribution >= 0.6 is 0 Å². The number of esters is 1. The molecule has 0 aromatic heterocycles. The lowest BCUT2D eigenvalue weighted by atomic mass is 10.1. The Hall–Kier alpha value is -3.35. The molecule has 0 bridgehead atoms. The van der Waals surface area contributed by atoms with Crippen LogP contribution in [0.1, 0.15) is 31.9 Å². The Labute approximate surface area is 169 Å². The molecule has 0 aliphatic carbocycles. The van der Waals surface area contributed by atoms with Gasteiger partial charge < -0.3 is 14.2 Å². The molecule has 0 atom stereocenters. The summed E-state index contributed by atoms with van der Waals surface area (Å²) in [5, 5.41) is 2.29. The number of methoxy groups -OCH3 is 1. The van der Waals surface area contributed by atoms with Gasteiger partial charge in [0.1, 0.15) is 29.5 Å². The summed E-state index contributed by atoms with van der Waals surface area (Å²) in [6.07, 6.45) is 0.323. The smallest absolute Gasteiger partial charge is 0.412 e. The van der Waals surface area contributed by atoms with E-state index in [2.05, 4.69) is 10.1 Å². The van der Waals surface area contributed by atoms with Crippen molar-refractivity contribution in [2.24, 2.45) is 0 Å². The first-order chi connectivity index (χ1) is 13.7. The molecule has 2 rings (SSSR count). The number of alkyl carbamates (subject to hydrolysis) is 1. The van der Waals surface area contributed by atoms with Crippen molar-refractivity contribution in [3.8, 4) is 5.75 Å². The Kier molecular flexibility index (Phi) is 7.36. The van der Waals surface area contributed by atoms with Crippen LogP contribution in [0.5, 0.6) is 5.75 Å². The van der Waals surface area contributed by atoms with Crippen molar-refractivity contribution in [2.75, 3.05) is 7.11 Å². The van der Waals surface area contributed by atoms with Gasteiger partial charge in [0, 0.05) is 11.6 Å². The van der Waals surface area contributed by atoms with E-state index >= 15 is 0 Å². The summed E-state index contributed by atoms with van der Waals surface area (Å²) < 4.78 is 29.8. The predicted molar refractivity (Wildman–Crippen MR) is 107 cm³/mol. The minimum absolute atomic E-state index is 0.0773. The van der Waals surface area contributed by atoms with E-state index in [4.69, 9.17) is 9.47 Å². The third-order valence-corrected chi connectivity index (χ3v) is 3.56. The number of rotatable bonds is 6. The third-order valence-electron chi connectivity index (χ3n) is 3.56. The molecule has 0 saturated heterocycles. The van der Waals surface area contributed by atoms with Crippen LogP contribution in [0.15, 0.2) is 54.2 Å². The van der Waals surface area contributed by atoms with Crippen molar-refractivity contribution in [1.82, 2.24) is 5.32 Å². The first kappa shape index (κ1) is 21.9. The fraction of sp³-hybridized carbons (Fsp3) is 0.273. The SMILES string of the molecule is COC(=O)/C(=C\c1ccc(OCc2ccccc2)cc1F)NC(=O)OC(C)(C)C. The van der Waals surface area contributed by atoms with Gasteiger partial charge in [0.05, 0.1) is 7.11 Å². The van der Waals surface area contributed by atoms with Crippen molar-refractivity contribution in [2.45, 2.75) is 33.0 Å². The average molecular weight is 401 g/mol. The highest BCUT2D eigenvalue weighted by molar-refractivity contribution is 5.96. The summed E-state index contributed by atoms with van der Waals surface area (Å²) in [6, 6.07) is 13.7. The molecule has 6 nitrogen and oxygen atoms in total. The molecule has 0 unspecified atom stereocenters. The lowest BCUT2D eigenvalue weighted by molar-refractivity contribution is -0.136. The molecule has 0 heterocycles. The summed E-state index contributed by atoms with van der Waals surface area (Å²) in [4.78, 5) is 23.9. The van der Waals surface area contributed by atoms with Gasteiger partial charge in [-0.3, -0.25) is 5.32 Å². The lowest BCUT2D eigenvalue weighted by Gasteiger charge is -2.20. The molecule has 2 aromatic rings. The number of benzene rings is 2. The molecule has 29 heavy (non-hydrogen) atoms. The van der Waals surface area contributed by atoms with E-state index in [1.165, 1.54) is 18.2 Å². The average Bonchev–Trinajstić information content (AvgIpc) is 2.66.